The topological polar surface area (TPSA) is 46.3 Å². The first-order chi connectivity index (χ1) is 8.51. The van der Waals surface area contributed by atoms with E-state index >= 15 is 0 Å². The van der Waals surface area contributed by atoms with Crippen molar-refractivity contribution in [2.45, 2.75) is 13.3 Å². The van der Waals surface area contributed by atoms with Crippen LogP contribution in [0, 0.1) is 12.3 Å². The molecule has 0 saturated heterocycles. The van der Waals surface area contributed by atoms with Gasteiger partial charge < -0.3 is 10.6 Å². The Kier molecular flexibility index (Phi) is 5.33. The highest BCUT2D eigenvalue weighted by atomic mass is 35.5. The molecule has 1 aromatic carbocycles. The predicted octanol–water partition coefficient (Wildman–Crippen LogP) is 3.06. The molecule has 1 aromatic rings. The number of carbonyl (C=O) groups excluding carboxylic acids is 1. The van der Waals surface area contributed by atoms with E-state index in [4.69, 9.17) is 35.4 Å². The van der Waals surface area contributed by atoms with E-state index in [0.29, 0.717) is 12.1 Å². The molecule has 0 unspecified atom stereocenters. The molecular formula is C13H14Cl2N2O. The van der Waals surface area contributed by atoms with E-state index in [0.717, 1.165) is 6.42 Å². The lowest BCUT2D eigenvalue weighted by atomic mass is 10.1. The number of anilines is 1. The smallest absolute Gasteiger partial charge is 0.254 e. The average Bonchev–Trinajstić information content (AvgIpc) is 2.34. The van der Waals surface area contributed by atoms with Crippen molar-refractivity contribution in [3.8, 4) is 12.3 Å². The Morgan fingerprint density at radius 2 is 2.17 bits per heavy atom. The van der Waals surface area contributed by atoms with Gasteiger partial charge in [0.15, 0.2) is 0 Å². The van der Waals surface area contributed by atoms with E-state index in [2.05, 4.69) is 5.92 Å². The molecule has 0 heterocycles. The summed E-state index contributed by atoms with van der Waals surface area (Å²) in [5.74, 6) is 2.26. The summed E-state index contributed by atoms with van der Waals surface area (Å²) in [5, 5.41) is 0.518. The second kappa shape index (κ2) is 6.53. The fraction of sp³-hybridized carbons (Fsp3) is 0.308. The highest BCUT2D eigenvalue weighted by Gasteiger charge is 2.16. The van der Waals surface area contributed by atoms with E-state index in [9.17, 15) is 4.79 Å². The molecule has 0 radical (unpaired) electrons. The number of hydrogen-bond acceptors (Lipinski definition) is 2. The molecule has 0 aromatic heterocycles. The van der Waals surface area contributed by atoms with E-state index in [-0.39, 0.29) is 28.2 Å². The molecule has 18 heavy (non-hydrogen) atoms. The average molecular weight is 285 g/mol. The van der Waals surface area contributed by atoms with Gasteiger partial charge in [0.25, 0.3) is 5.91 Å². The maximum atomic E-state index is 12.2. The van der Waals surface area contributed by atoms with E-state index in [1.54, 1.807) is 4.90 Å². The van der Waals surface area contributed by atoms with Crippen molar-refractivity contribution in [3.63, 3.8) is 0 Å². The van der Waals surface area contributed by atoms with Crippen LogP contribution in [0.15, 0.2) is 12.1 Å². The van der Waals surface area contributed by atoms with Gasteiger partial charge in [-0.3, -0.25) is 4.79 Å². The maximum absolute atomic E-state index is 12.2. The van der Waals surface area contributed by atoms with Gasteiger partial charge in [0.1, 0.15) is 0 Å². The summed E-state index contributed by atoms with van der Waals surface area (Å²) < 4.78 is 0. The van der Waals surface area contributed by atoms with Crippen molar-refractivity contribution < 1.29 is 4.79 Å². The van der Waals surface area contributed by atoms with Gasteiger partial charge in [0.05, 0.1) is 22.3 Å². The molecule has 1 rings (SSSR count). The standard InChI is InChI=1S/C13H14Cl2N2O/c1-3-5-17(6-4-2)13(18)9-7-10(14)12(15)11(16)8-9/h1,7-8H,4-6,16H2,2H3. The lowest BCUT2D eigenvalue weighted by molar-refractivity contribution is 0.0777. The largest absolute Gasteiger partial charge is 0.397 e. The van der Waals surface area contributed by atoms with E-state index < -0.39 is 0 Å². The van der Waals surface area contributed by atoms with Gasteiger partial charge in [-0.2, -0.15) is 0 Å². The van der Waals surface area contributed by atoms with Crippen molar-refractivity contribution in [1.82, 2.24) is 4.90 Å². The zero-order chi connectivity index (χ0) is 13.7. The fourth-order valence-corrected chi connectivity index (χ4v) is 1.88. The Hall–Kier alpha value is -1.37. The number of carbonyl (C=O) groups is 1. The third-order valence-corrected chi connectivity index (χ3v) is 3.18. The first-order valence-corrected chi connectivity index (χ1v) is 6.24. The molecule has 0 bridgehead atoms. The summed E-state index contributed by atoms with van der Waals surface area (Å²) in [6.07, 6.45) is 6.07. The monoisotopic (exact) mass is 284 g/mol. The van der Waals surface area contributed by atoms with Crippen LogP contribution in [-0.2, 0) is 0 Å². The number of nitrogen functional groups attached to an aromatic ring is 1. The molecule has 0 fully saturated rings. The minimum atomic E-state index is -0.194. The Labute approximate surface area is 117 Å². The molecule has 1 amide bonds. The Balaban J connectivity index is 3.05. The van der Waals surface area contributed by atoms with Crippen molar-refractivity contribution >= 4 is 34.8 Å². The maximum Gasteiger partial charge on any atom is 0.254 e. The van der Waals surface area contributed by atoms with Gasteiger partial charge >= 0.3 is 0 Å². The number of halogens is 2. The third-order valence-electron chi connectivity index (χ3n) is 2.37. The van der Waals surface area contributed by atoms with Crippen LogP contribution in [0.2, 0.25) is 10.0 Å². The van der Waals surface area contributed by atoms with Gasteiger partial charge in [-0.1, -0.05) is 36.0 Å². The van der Waals surface area contributed by atoms with Gasteiger partial charge in [-0.05, 0) is 18.6 Å². The molecule has 0 aliphatic rings. The van der Waals surface area contributed by atoms with E-state index in [1.807, 2.05) is 6.92 Å². The molecule has 96 valence electrons. The van der Waals surface area contributed by atoms with Crippen LogP contribution in [0.3, 0.4) is 0 Å². The van der Waals surface area contributed by atoms with Crippen LogP contribution >= 0.6 is 23.2 Å². The lowest BCUT2D eigenvalue weighted by Crippen LogP contribution is -2.32. The van der Waals surface area contributed by atoms with Crippen molar-refractivity contribution in [3.05, 3.63) is 27.7 Å². The molecule has 2 N–H and O–H groups in total. The van der Waals surface area contributed by atoms with Crippen molar-refractivity contribution in [2.75, 3.05) is 18.8 Å². The number of rotatable bonds is 4. The Morgan fingerprint density at radius 3 is 2.67 bits per heavy atom. The molecule has 0 spiro atoms. The van der Waals surface area contributed by atoms with Crippen LogP contribution in [0.4, 0.5) is 5.69 Å². The predicted molar refractivity (Wildman–Crippen MR) is 75.9 cm³/mol. The third kappa shape index (κ3) is 3.32. The summed E-state index contributed by atoms with van der Waals surface area (Å²) in [6, 6.07) is 3.01. The number of nitrogens with zero attached hydrogens (tertiary/aromatic N) is 1. The zero-order valence-corrected chi connectivity index (χ0v) is 11.6. The number of amides is 1. The van der Waals surface area contributed by atoms with Crippen molar-refractivity contribution in [2.24, 2.45) is 0 Å². The zero-order valence-electron chi connectivity index (χ0n) is 10.0. The van der Waals surface area contributed by atoms with Crippen LogP contribution in [-0.4, -0.2) is 23.9 Å². The van der Waals surface area contributed by atoms with Crippen LogP contribution in [0.1, 0.15) is 23.7 Å². The Bertz CT molecular complexity index is 471. The number of benzene rings is 1. The normalized spacial score (nSPS) is 9.89. The van der Waals surface area contributed by atoms with Crippen LogP contribution in [0.25, 0.3) is 0 Å². The van der Waals surface area contributed by atoms with Gasteiger partial charge in [-0.25, -0.2) is 0 Å². The van der Waals surface area contributed by atoms with Crippen LogP contribution in [0.5, 0.6) is 0 Å². The minimum Gasteiger partial charge on any atom is -0.397 e. The van der Waals surface area contributed by atoms with Gasteiger partial charge in [0, 0.05) is 12.1 Å². The minimum absolute atomic E-state index is 0.194. The molecular weight excluding hydrogens is 271 g/mol. The Morgan fingerprint density at radius 1 is 1.50 bits per heavy atom. The molecule has 5 heteroatoms. The summed E-state index contributed by atoms with van der Waals surface area (Å²) in [4.78, 5) is 13.8. The fourth-order valence-electron chi connectivity index (χ4n) is 1.55. The van der Waals surface area contributed by atoms with Gasteiger partial charge in [0.2, 0.25) is 0 Å². The SMILES string of the molecule is C#CCN(CCC)C(=O)c1cc(N)c(Cl)c(Cl)c1. The first kappa shape index (κ1) is 14.7. The number of nitrogens with two attached hydrogens (primary N) is 1. The second-order valence-corrected chi connectivity index (χ2v) is 4.58. The molecule has 3 nitrogen and oxygen atoms in total. The summed E-state index contributed by atoms with van der Waals surface area (Å²) >= 11 is 11.7. The van der Waals surface area contributed by atoms with Gasteiger partial charge in [-0.15, -0.1) is 6.42 Å². The summed E-state index contributed by atoms with van der Waals surface area (Å²) in [6.45, 7) is 2.82. The highest BCUT2D eigenvalue weighted by Crippen LogP contribution is 2.29. The van der Waals surface area contributed by atoms with E-state index in [1.165, 1.54) is 12.1 Å². The quantitative estimate of drug-likeness (QED) is 0.682. The molecule has 0 aliphatic carbocycles. The number of hydrogen-bond donors (Lipinski definition) is 1. The van der Waals surface area contributed by atoms with Crippen molar-refractivity contribution in [1.29, 1.82) is 0 Å². The summed E-state index contributed by atoms with van der Waals surface area (Å²) in [5.41, 5.74) is 6.36. The molecule has 0 atom stereocenters. The second-order valence-electron chi connectivity index (χ2n) is 3.79. The molecule has 0 saturated carbocycles. The summed E-state index contributed by atoms with van der Waals surface area (Å²) in [7, 11) is 0. The number of terminal acetylenes is 1. The van der Waals surface area contributed by atoms with Crippen LogP contribution < -0.4 is 5.73 Å². The molecule has 0 aliphatic heterocycles. The first-order valence-electron chi connectivity index (χ1n) is 5.48. The highest BCUT2D eigenvalue weighted by molar-refractivity contribution is 6.43. The lowest BCUT2D eigenvalue weighted by Gasteiger charge is -2.20.